The van der Waals surface area contributed by atoms with Crippen LogP contribution < -0.4 is 4.74 Å². The first-order valence-corrected chi connectivity index (χ1v) is 9.62. The lowest BCUT2D eigenvalue weighted by Gasteiger charge is -2.07. The van der Waals surface area contributed by atoms with Crippen LogP contribution in [0.4, 0.5) is 5.69 Å². The molecule has 2 aromatic heterocycles. The lowest BCUT2D eigenvalue weighted by atomic mass is 10.0. The minimum Gasteiger partial charge on any atom is -0.489 e. The van der Waals surface area contributed by atoms with Gasteiger partial charge in [-0.2, -0.15) is 0 Å². The molecule has 0 amide bonds. The SMILES string of the molecule is Cn1cc(-c2c[nH]c3cc([N+](=O)[O-])ccc23)c2ccc(OCc3ccccc3)cc21. The van der Waals surface area contributed by atoms with E-state index in [0.29, 0.717) is 6.61 Å². The molecular weight excluding hydrogens is 378 g/mol. The van der Waals surface area contributed by atoms with Crippen molar-refractivity contribution in [3.8, 4) is 16.9 Å². The van der Waals surface area contributed by atoms with Crippen LogP contribution in [0.15, 0.2) is 79.1 Å². The number of nitro benzene ring substituents is 1. The third kappa shape index (κ3) is 3.08. The maximum absolute atomic E-state index is 11.1. The number of rotatable bonds is 5. The van der Waals surface area contributed by atoms with E-state index in [1.807, 2.05) is 55.7 Å². The van der Waals surface area contributed by atoms with Gasteiger partial charge in [-0.25, -0.2) is 0 Å². The van der Waals surface area contributed by atoms with E-state index in [4.69, 9.17) is 4.74 Å². The van der Waals surface area contributed by atoms with Crippen LogP contribution in [0.3, 0.4) is 0 Å². The standard InChI is InChI=1S/C24H19N3O3/c1-26-14-22(21-13-25-23-11-17(27(28)29)7-9-19(21)23)20-10-8-18(12-24(20)26)30-15-16-5-3-2-4-6-16/h2-14,25H,15H2,1H3. The summed E-state index contributed by atoms with van der Waals surface area (Å²) in [6.45, 7) is 0.519. The maximum atomic E-state index is 11.1. The van der Waals surface area contributed by atoms with Crippen molar-refractivity contribution in [2.45, 2.75) is 6.61 Å². The molecular formula is C24H19N3O3. The van der Waals surface area contributed by atoms with Gasteiger partial charge in [-0.3, -0.25) is 10.1 Å². The van der Waals surface area contributed by atoms with Crippen LogP contribution in [-0.2, 0) is 13.7 Å². The first kappa shape index (κ1) is 18.0. The Bertz CT molecular complexity index is 1380. The number of nitrogens with zero attached hydrogens (tertiary/aromatic N) is 2. The number of nitrogens with one attached hydrogen (secondary N) is 1. The van der Waals surface area contributed by atoms with E-state index < -0.39 is 0 Å². The molecule has 5 rings (SSSR count). The van der Waals surface area contributed by atoms with Crippen LogP contribution in [-0.4, -0.2) is 14.5 Å². The molecule has 3 aromatic carbocycles. The molecule has 0 fully saturated rings. The van der Waals surface area contributed by atoms with Gasteiger partial charge in [0, 0.05) is 59.5 Å². The van der Waals surface area contributed by atoms with Gasteiger partial charge in [0.25, 0.3) is 5.69 Å². The molecule has 0 aliphatic carbocycles. The first-order valence-electron chi connectivity index (χ1n) is 9.62. The summed E-state index contributed by atoms with van der Waals surface area (Å²) >= 11 is 0. The summed E-state index contributed by atoms with van der Waals surface area (Å²) in [5.41, 5.74) is 5.10. The smallest absolute Gasteiger partial charge is 0.271 e. The van der Waals surface area contributed by atoms with Crippen molar-refractivity contribution in [3.63, 3.8) is 0 Å². The van der Waals surface area contributed by atoms with Gasteiger partial charge in [0.15, 0.2) is 0 Å². The molecule has 0 aliphatic rings. The number of ether oxygens (including phenoxy) is 1. The molecule has 0 saturated carbocycles. The molecule has 0 atom stereocenters. The molecule has 1 N–H and O–H groups in total. The second kappa shape index (κ2) is 7.08. The number of hydrogen-bond donors (Lipinski definition) is 1. The summed E-state index contributed by atoms with van der Waals surface area (Å²) in [4.78, 5) is 13.8. The minimum atomic E-state index is -0.380. The fraction of sp³-hybridized carbons (Fsp3) is 0.0833. The third-order valence-corrected chi connectivity index (χ3v) is 5.38. The van der Waals surface area contributed by atoms with Crippen molar-refractivity contribution < 1.29 is 9.66 Å². The van der Waals surface area contributed by atoms with Gasteiger partial charge in [0.1, 0.15) is 12.4 Å². The molecule has 2 heterocycles. The highest BCUT2D eigenvalue weighted by Gasteiger charge is 2.15. The molecule has 6 heteroatoms. The molecule has 6 nitrogen and oxygen atoms in total. The second-order valence-corrected chi connectivity index (χ2v) is 7.30. The van der Waals surface area contributed by atoms with Crippen molar-refractivity contribution in [1.29, 1.82) is 0 Å². The number of fused-ring (bicyclic) bond motifs is 2. The summed E-state index contributed by atoms with van der Waals surface area (Å²) in [5.74, 6) is 0.814. The molecule has 148 valence electrons. The lowest BCUT2D eigenvalue weighted by molar-refractivity contribution is -0.384. The first-order chi connectivity index (χ1) is 14.6. The minimum absolute atomic E-state index is 0.0778. The van der Waals surface area contributed by atoms with E-state index in [-0.39, 0.29) is 10.6 Å². The Morgan fingerprint density at radius 3 is 2.60 bits per heavy atom. The van der Waals surface area contributed by atoms with E-state index in [1.54, 1.807) is 18.2 Å². The number of aromatic nitrogens is 2. The summed E-state index contributed by atoms with van der Waals surface area (Å²) < 4.78 is 8.05. The van der Waals surface area contributed by atoms with Gasteiger partial charge < -0.3 is 14.3 Å². The van der Waals surface area contributed by atoms with E-state index in [1.165, 1.54) is 0 Å². The van der Waals surface area contributed by atoms with E-state index in [9.17, 15) is 10.1 Å². The van der Waals surface area contributed by atoms with Crippen molar-refractivity contribution in [3.05, 3.63) is 94.8 Å². The Hall–Kier alpha value is -4.06. The average Bonchev–Trinajstić information content (AvgIpc) is 3.33. The van der Waals surface area contributed by atoms with Gasteiger partial charge in [0.2, 0.25) is 0 Å². The third-order valence-electron chi connectivity index (χ3n) is 5.38. The Kier molecular flexibility index (Phi) is 4.25. The zero-order chi connectivity index (χ0) is 20.7. The topological polar surface area (TPSA) is 73.1 Å². The summed E-state index contributed by atoms with van der Waals surface area (Å²) in [6, 6.07) is 21.1. The van der Waals surface area contributed by atoms with Crippen LogP contribution in [0.25, 0.3) is 32.9 Å². The monoisotopic (exact) mass is 397 g/mol. The largest absolute Gasteiger partial charge is 0.489 e. The Balaban J connectivity index is 1.51. The molecule has 0 aliphatic heterocycles. The number of nitro groups is 1. The number of benzene rings is 3. The zero-order valence-corrected chi connectivity index (χ0v) is 16.3. The fourth-order valence-electron chi connectivity index (χ4n) is 3.86. The van der Waals surface area contributed by atoms with Gasteiger partial charge in [0.05, 0.1) is 16.0 Å². The highest BCUT2D eigenvalue weighted by Crippen LogP contribution is 2.37. The molecule has 30 heavy (non-hydrogen) atoms. The quantitative estimate of drug-likeness (QED) is 0.300. The Morgan fingerprint density at radius 1 is 1.00 bits per heavy atom. The molecule has 0 spiro atoms. The number of non-ortho nitro benzene ring substituents is 1. The Morgan fingerprint density at radius 2 is 1.80 bits per heavy atom. The predicted molar refractivity (Wildman–Crippen MR) is 118 cm³/mol. The zero-order valence-electron chi connectivity index (χ0n) is 16.3. The van der Waals surface area contributed by atoms with Crippen LogP contribution >= 0.6 is 0 Å². The molecule has 0 bridgehead atoms. The van der Waals surface area contributed by atoms with Gasteiger partial charge >= 0.3 is 0 Å². The van der Waals surface area contributed by atoms with Crippen molar-refractivity contribution in [2.75, 3.05) is 0 Å². The number of aryl methyl sites for hydroxylation is 1. The summed E-state index contributed by atoms with van der Waals surface area (Å²) in [5, 5.41) is 13.1. The second-order valence-electron chi connectivity index (χ2n) is 7.30. The number of H-pyrrole nitrogens is 1. The normalized spacial score (nSPS) is 11.2. The fourth-order valence-corrected chi connectivity index (χ4v) is 3.86. The molecule has 5 aromatic rings. The van der Waals surface area contributed by atoms with Crippen LogP contribution in [0, 0.1) is 10.1 Å². The summed E-state index contributed by atoms with van der Waals surface area (Å²) in [7, 11) is 2.01. The predicted octanol–water partition coefficient (Wildman–Crippen LogP) is 5.81. The van der Waals surface area contributed by atoms with Crippen LogP contribution in [0.2, 0.25) is 0 Å². The maximum Gasteiger partial charge on any atom is 0.271 e. The van der Waals surface area contributed by atoms with Crippen LogP contribution in [0.1, 0.15) is 5.56 Å². The number of aromatic amines is 1. The average molecular weight is 397 g/mol. The van der Waals surface area contributed by atoms with Crippen LogP contribution in [0.5, 0.6) is 5.75 Å². The van der Waals surface area contributed by atoms with Crippen molar-refractivity contribution in [1.82, 2.24) is 9.55 Å². The van der Waals surface area contributed by atoms with E-state index in [0.717, 1.165) is 44.2 Å². The van der Waals surface area contributed by atoms with Crippen molar-refractivity contribution in [2.24, 2.45) is 7.05 Å². The molecule has 0 radical (unpaired) electrons. The van der Waals surface area contributed by atoms with E-state index in [2.05, 4.69) is 21.8 Å². The van der Waals surface area contributed by atoms with E-state index >= 15 is 0 Å². The van der Waals surface area contributed by atoms with Gasteiger partial charge in [-0.15, -0.1) is 0 Å². The van der Waals surface area contributed by atoms with Crippen molar-refractivity contribution >= 4 is 27.5 Å². The highest BCUT2D eigenvalue weighted by molar-refractivity contribution is 6.05. The number of hydrogen-bond acceptors (Lipinski definition) is 3. The molecule has 0 unspecified atom stereocenters. The highest BCUT2D eigenvalue weighted by atomic mass is 16.6. The van der Waals surface area contributed by atoms with Gasteiger partial charge in [-0.1, -0.05) is 30.3 Å². The Labute approximate surface area is 172 Å². The molecule has 0 saturated heterocycles. The lowest BCUT2D eigenvalue weighted by Crippen LogP contribution is -1.95. The summed E-state index contributed by atoms with van der Waals surface area (Å²) in [6.07, 6.45) is 3.98. The van der Waals surface area contributed by atoms with Gasteiger partial charge in [-0.05, 0) is 23.8 Å².